The number of hydrogen-bond acceptors (Lipinski definition) is 4. The summed E-state index contributed by atoms with van der Waals surface area (Å²) in [5.74, 6) is 0.793. The quantitative estimate of drug-likeness (QED) is 0.667. The van der Waals surface area contributed by atoms with Crippen molar-refractivity contribution < 1.29 is 9.53 Å². The standard InChI is InChI=1S/C18H18N2O2S/c1-3-20-16-7-5-4-6-15(16)19-18(20)23-17(21)12-13-8-10-14(22-2)11-9-13/h4-11H,3,12H2,1-2H3. The third-order valence-electron chi connectivity index (χ3n) is 3.65. The Bertz CT molecular complexity index is 825. The Morgan fingerprint density at radius 1 is 1.17 bits per heavy atom. The number of para-hydroxylation sites is 2. The molecule has 0 spiro atoms. The third kappa shape index (κ3) is 3.40. The molecule has 0 aliphatic heterocycles. The molecule has 4 nitrogen and oxygen atoms in total. The number of methoxy groups -OCH3 is 1. The van der Waals surface area contributed by atoms with E-state index in [1.807, 2.05) is 48.5 Å². The van der Waals surface area contributed by atoms with Gasteiger partial charge in [0.25, 0.3) is 0 Å². The van der Waals surface area contributed by atoms with Gasteiger partial charge in [-0.25, -0.2) is 4.98 Å². The zero-order chi connectivity index (χ0) is 16.2. The molecule has 0 radical (unpaired) electrons. The van der Waals surface area contributed by atoms with Crippen molar-refractivity contribution in [3.05, 3.63) is 54.1 Å². The van der Waals surface area contributed by atoms with Crippen LogP contribution in [0.15, 0.2) is 53.7 Å². The highest BCUT2D eigenvalue weighted by atomic mass is 32.2. The number of benzene rings is 2. The number of hydrogen-bond donors (Lipinski definition) is 0. The molecule has 1 aromatic heterocycles. The summed E-state index contributed by atoms with van der Waals surface area (Å²) in [5.41, 5.74) is 2.96. The van der Waals surface area contributed by atoms with E-state index in [2.05, 4.69) is 16.5 Å². The average Bonchev–Trinajstić information content (AvgIpc) is 2.92. The summed E-state index contributed by atoms with van der Waals surface area (Å²) in [5, 5.41) is 0.840. The minimum Gasteiger partial charge on any atom is -0.497 e. The van der Waals surface area contributed by atoms with Crippen LogP contribution >= 0.6 is 11.8 Å². The first-order valence-electron chi connectivity index (χ1n) is 7.50. The molecular weight excluding hydrogens is 308 g/mol. The number of aromatic nitrogens is 2. The highest BCUT2D eigenvalue weighted by molar-refractivity contribution is 8.13. The molecule has 2 aromatic carbocycles. The Balaban J connectivity index is 1.77. The first-order valence-corrected chi connectivity index (χ1v) is 8.31. The van der Waals surface area contributed by atoms with E-state index in [-0.39, 0.29) is 5.12 Å². The highest BCUT2D eigenvalue weighted by Gasteiger charge is 2.14. The van der Waals surface area contributed by atoms with E-state index >= 15 is 0 Å². The summed E-state index contributed by atoms with van der Waals surface area (Å²) in [7, 11) is 1.63. The number of thioether (sulfide) groups is 1. The lowest BCUT2D eigenvalue weighted by molar-refractivity contribution is -0.110. The minimum atomic E-state index is 0.0835. The molecular formula is C18H18N2O2S. The van der Waals surface area contributed by atoms with Crippen LogP contribution in [-0.2, 0) is 17.8 Å². The second kappa shape index (κ2) is 6.87. The van der Waals surface area contributed by atoms with Gasteiger partial charge >= 0.3 is 0 Å². The molecule has 0 aliphatic carbocycles. The number of imidazole rings is 1. The Morgan fingerprint density at radius 3 is 2.61 bits per heavy atom. The minimum absolute atomic E-state index is 0.0835. The predicted molar refractivity (Wildman–Crippen MR) is 93.0 cm³/mol. The number of ether oxygens (including phenoxy) is 1. The number of nitrogens with zero attached hydrogens (tertiary/aromatic N) is 2. The molecule has 5 heteroatoms. The Hall–Kier alpha value is -2.27. The molecule has 0 N–H and O–H groups in total. The van der Waals surface area contributed by atoms with Gasteiger partial charge < -0.3 is 9.30 Å². The van der Waals surface area contributed by atoms with Crippen molar-refractivity contribution in [1.82, 2.24) is 9.55 Å². The zero-order valence-electron chi connectivity index (χ0n) is 13.2. The normalized spacial score (nSPS) is 10.9. The molecule has 23 heavy (non-hydrogen) atoms. The van der Waals surface area contributed by atoms with Crippen molar-refractivity contribution >= 4 is 27.9 Å². The van der Waals surface area contributed by atoms with Gasteiger partial charge in [0.1, 0.15) is 5.75 Å². The van der Waals surface area contributed by atoms with Crippen LogP contribution in [0.1, 0.15) is 12.5 Å². The van der Waals surface area contributed by atoms with Crippen molar-refractivity contribution in [2.24, 2.45) is 0 Å². The Morgan fingerprint density at radius 2 is 1.91 bits per heavy atom. The SMILES string of the molecule is CCn1c(SC(=O)Cc2ccc(OC)cc2)nc2ccccc21. The van der Waals surface area contributed by atoms with Crippen LogP contribution < -0.4 is 4.74 Å². The predicted octanol–water partition coefficient (Wildman–Crippen LogP) is 3.93. The van der Waals surface area contributed by atoms with E-state index in [0.29, 0.717) is 6.42 Å². The summed E-state index contributed by atoms with van der Waals surface area (Å²) < 4.78 is 7.21. The van der Waals surface area contributed by atoms with Crippen LogP contribution in [0.3, 0.4) is 0 Å². The maximum absolute atomic E-state index is 12.4. The summed E-state index contributed by atoms with van der Waals surface area (Å²) >= 11 is 1.21. The highest BCUT2D eigenvalue weighted by Crippen LogP contribution is 2.25. The van der Waals surface area contributed by atoms with E-state index < -0.39 is 0 Å². The first-order chi connectivity index (χ1) is 11.2. The van der Waals surface area contributed by atoms with Crippen LogP contribution in [0.5, 0.6) is 5.75 Å². The third-order valence-corrected chi connectivity index (χ3v) is 4.51. The molecule has 0 unspecified atom stereocenters. The first kappa shape index (κ1) is 15.6. The van der Waals surface area contributed by atoms with Gasteiger partial charge in [0.15, 0.2) is 5.16 Å². The smallest absolute Gasteiger partial charge is 0.200 e. The largest absolute Gasteiger partial charge is 0.497 e. The zero-order valence-corrected chi connectivity index (χ0v) is 14.0. The summed E-state index contributed by atoms with van der Waals surface area (Å²) in [6.07, 6.45) is 0.377. The molecule has 0 saturated heterocycles. The number of fused-ring (bicyclic) bond motifs is 1. The van der Waals surface area contributed by atoms with Crippen molar-refractivity contribution in [3.63, 3.8) is 0 Å². The van der Waals surface area contributed by atoms with Crippen LogP contribution in [0, 0.1) is 0 Å². The van der Waals surface area contributed by atoms with Crippen LogP contribution in [0.2, 0.25) is 0 Å². The fourth-order valence-electron chi connectivity index (χ4n) is 2.48. The molecule has 1 heterocycles. The van der Waals surface area contributed by atoms with Gasteiger partial charge in [-0.3, -0.25) is 4.79 Å². The molecule has 0 fully saturated rings. The molecule has 3 aromatic rings. The number of aryl methyl sites for hydroxylation is 1. The van der Waals surface area contributed by atoms with Crippen LogP contribution in [0.25, 0.3) is 11.0 Å². The molecule has 0 aliphatic rings. The van der Waals surface area contributed by atoms with Gasteiger partial charge in [-0.05, 0) is 48.5 Å². The van der Waals surface area contributed by atoms with Gasteiger partial charge in [0.05, 0.1) is 18.1 Å². The second-order valence-corrected chi connectivity index (χ2v) is 6.15. The monoisotopic (exact) mass is 326 g/mol. The average molecular weight is 326 g/mol. The fraction of sp³-hybridized carbons (Fsp3) is 0.222. The molecule has 0 atom stereocenters. The molecule has 0 bridgehead atoms. The lowest BCUT2D eigenvalue weighted by Gasteiger charge is -2.05. The van der Waals surface area contributed by atoms with Gasteiger partial charge in [-0.15, -0.1) is 0 Å². The Kier molecular flexibility index (Phi) is 4.67. The Labute approximate surface area is 139 Å². The maximum atomic E-state index is 12.4. The van der Waals surface area contributed by atoms with Crippen molar-refractivity contribution in [1.29, 1.82) is 0 Å². The molecule has 0 amide bonds. The summed E-state index contributed by atoms with van der Waals surface area (Å²) in [4.78, 5) is 16.9. The van der Waals surface area contributed by atoms with Gasteiger partial charge in [0.2, 0.25) is 5.12 Å². The van der Waals surface area contributed by atoms with E-state index in [9.17, 15) is 4.79 Å². The van der Waals surface area contributed by atoms with Crippen LogP contribution in [-0.4, -0.2) is 21.8 Å². The number of carbonyl (C=O) groups excluding carboxylic acids is 1. The van der Waals surface area contributed by atoms with E-state index in [4.69, 9.17) is 4.74 Å². The topological polar surface area (TPSA) is 44.1 Å². The summed E-state index contributed by atoms with van der Waals surface area (Å²) in [6, 6.07) is 15.5. The van der Waals surface area contributed by atoms with E-state index in [0.717, 1.165) is 34.0 Å². The van der Waals surface area contributed by atoms with Crippen molar-refractivity contribution in [2.45, 2.75) is 25.0 Å². The lowest BCUT2D eigenvalue weighted by Crippen LogP contribution is -2.02. The van der Waals surface area contributed by atoms with Crippen LogP contribution in [0.4, 0.5) is 0 Å². The molecule has 3 rings (SSSR count). The number of rotatable bonds is 5. The number of carbonyl (C=O) groups is 1. The van der Waals surface area contributed by atoms with E-state index in [1.54, 1.807) is 7.11 Å². The molecule has 0 saturated carbocycles. The van der Waals surface area contributed by atoms with Crippen molar-refractivity contribution in [2.75, 3.05) is 7.11 Å². The molecule has 118 valence electrons. The second-order valence-electron chi connectivity index (χ2n) is 5.13. The maximum Gasteiger partial charge on any atom is 0.200 e. The fourth-order valence-corrected chi connectivity index (χ4v) is 3.41. The lowest BCUT2D eigenvalue weighted by atomic mass is 10.2. The van der Waals surface area contributed by atoms with E-state index in [1.165, 1.54) is 11.8 Å². The van der Waals surface area contributed by atoms with Gasteiger partial charge in [0, 0.05) is 13.0 Å². The van der Waals surface area contributed by atoms with Gasteiger partial charge in [-0.1, -0.05) is 24.3 Å². The van der Waals surface area contributed by atoms with Gasteiger partial charge in [-0.2, -0.15) is 0 Å². The summed E-state index contributed by atoms with van der Waals surface area (Å²) in [6.45, 7) is 2.85. The van der Waals surface area contributed by atoms with Crippen molar-refractivity contribution in [3.8, 4) is 5.75 Å².